The predicted octanol–water partition coefficient (Wildman–Crippen LogP) is 1.15. The Kier molecular flexibility index (Phi) is 2.79. The van der Waals surface area contributed by atoms with Gasteiger partial charge in [-0.05, 0) is 18.6 Å². The molecule has 108 valence electrons. The molecule has 9 heteroatoms. The Morgan fingerprint density at radius 1 is 1.24 bits per heavy atom. The Hall–Kier alpha value is -1.87. The number of aromatic nitrogens is 5. The van der Waals surface area contributed by atoms with Gasteiger partial charge in [0.25, 0.3) is 0 Å². The molecule has 0 bridgehead atoms. The molecule has 3 aromatic rings. The fraction of sp³-hybridized carbons (Fsp3) is 0.333. The van der Waals surface area contributed by atoms with Gasteiger partial charge in [-0.1, -0.05) is 11.3 Å². The van der Waals surface area contributed by atoms with Gasteiger partial charge < -0.3 is 0 Å². The van der Waals surface area contributed by atoms with Gasteiger partial charge in [0, 0.05) is 23.9 Å². The molecule has 0 spiro atoms. The number of fused-ring (bicyclic) bond motifs is 1. The molecule has 0 aliphatic carbocycles. The van der Waals surface area contributed by atoms with Crippen molar-refractivity contribution in [3.8, 4) is 11.4 Å². The third-order valence-corrected chi connectivity index (χ3v) is 6.36. The summed E-state index contributed by atoms with van der Waals surface area (Å²) in [5.41, 5.74) is 0.883. The van der Waals surface area contributed by atoms with Gasteiger partial charge in [0.2, 0.25) is 4.96 Å². The summed E-state index contributed by atoms with van der Waals surface area (Å²) in [5.74, 6) is 1.05. The highest BCUT2D eigenvalue weighted by Crippen LogP contribution is 2.32. The molecule has 0 unspecified atom stereocenters. The van der Waals surface area contributed by atoms with Gasteiger partial charge in [-0.15, -0.1) is 10.2 Å². The van der Waals surface area contributed by atoms with Crippen LogP contribution in [0.5, 0.6) is 0 Å². The maximum Gasteiger partial charge on any atom is 0.234 e. The van der Waals surface area contributed by atoms with Crippen molar-refractivity contribution in [3.63, 3.8) is 0 Å². The molecule has 0 aromatic carbocycles. The number of hydrogen-bond acceptors (Lipinski definition) is 7. The van der Waals surface area contributed by atoms with Crippen LogP contribution in [-0.4, -0.2) is 44.7 Å². The highest BCUT2D eigenvalue weighted by Gasteiger charge is 2.32. The van der Waals surface area contributed by atoms with E-state index in [4.69, 9.17) is 0 Å². The molecule has 3 aromatic heterocycles. The average Bonchev–Trinajstić information content (AvgIpc) is 3.12. The van der Waals surface area contributed by atoms with Crippen LogP contribution in [0.1, 0.15) is 17.3 Å². The van der Waals surface area contributed by atoms with Gasteiger partial charge in [0.05, 0.1) is 11.5 Å². The van der Waals surface area contributed by atoms with E-state index in [1.807, 2.05) is 12.1 Å². The smallest absolute Gasteiger partial charge is 0.234 e. The van der Waals surface area contributed by atoms with Crippen LogP contribution in [0.2, 0.25) is 0 Å². The monoisotopic (exact) mass is 321 g/mol. The third-order valence-electron chi connectivity index (χ3n) is 3.53. The SMILES string of the molecule is O=S1(=O)CC[C@H](c2nn3c(-c4ccncc4)nnc3s2)C1. The number of sulfone groups is 1. The molecule has 1 aliphatic rings. The molecule has 0 saturated carbocycles. The Balaban J connectivity index is 1.77. The summed E-state index contributed by atoms with van der Waals surface area (Å²) in [7, 11) is -2.91. The van der Waals surface area contributed by atoms with Crippen LogP contribution in [0.15, 0.2) is 24.5 Å². The lowest BCUT2D eigenvalue weighted by Crippen LogP contribution is -2.04. The lowest BCUT2D eigenvalue weighted by molar-refractivity contribution is 0.601. The summed E-state index contributed by atoms with van der Waals surface area (Å²) in [6.45, 7) is 0. The first-order valence-electron chi connectivity index (χ1n) is 6.45. The third kappa shape index (κ3) is 2.22. The quantitative estimate of drug-likeness (QED) is 0.703. The second-order valence-electron chi connectivity index (χ2n) is 4.99. The van der Waals surface area contributed by atoms with Gasteiger partial charge in [0.1, 0.15) is 5.01 Å². The summed E-state index contributed by atoms with van der Waals surface area (Å²) in [6, 6.07) is 3.69. The zero-order valence-corrected chi connectivity index (χ0v) is 12.5. The van der Waals surface area contributed by atoms with Crippen LogP contribution in [0.3, 0.4) is 0 Å². The molecule has 0 N–H and O–H groups in total. The van der Waals surface area contributed by atoms with Crippen molar-refractivity contribution in [2.75, 3.05) is 11.5 Å². The van der Waals surface area contributed by atoms with Gasteiger partial charge in [-0.2, -0.15) is 9.61 Å². The van der Waals surface area contributed by atoms with Gasteiger partial charge >= 0.3 is 0 Å². The van der Waals surface area contributed by atoms with E-state index in [0.29, 0.717) is 17.2 Å². The minimum atomic E-state index is -2.91. The van der Waals surface area contributed by atoms with E-state index in [9.17, 15) is 8.42 Å². The second-order valence-corrected chi connectivity index (χ2v) is 8.21. The van der Waals surface area contributed by atoms with Crippen molar-refractivity contribution < 1.29 is 8.42 Å². The highest BCUT2D eigenvalue weighted by molar-refractivity contribution is 7.91. The second kappa shape index (κ2) is 4.57. The van der Waals surface area contributed by atoms with Crippen LogP contribution in [0.25, 0.3) is 16.3 Å². The van der Waals surface area contributed by atoms with Crippen molar-refractivity contribution in [2.24, 2.45) is 0 Å². The normalized spacial score (nSPS) is 21.0. The Morgan fingerprint density at radius 2 is 2.05 bits per heavy atom. The molecule has 0 amide bonds. The van der Waals surface area contributed by atoms with Crippen molar-refractivity contribution in [1.29, 1.82) is 0 Å². The lowest BCUT2D eigenvalue weighted by Gasteiger charge is -2.00. The Labute approximate surface area is 124 Å². The van der Waals surface area contributed by atoms with E-state index in [2.05, 4.69) is 20.3 Å². The molecule has 21 heavy (non-hydrogen) atoms. The Morgan fingerprint density at radius 3 is 2.76 bits per heavy atom. The van der Waals surface area contributed by atoms with Crippen LogP contribution < -0.4 is 0 Å². The van der Waals surface area contributed by atoms with Crippen molar-refractivity contribution in [1.82, 2.24) is 24.8 Å². The molecule has 1 atom stereocenters. The van der Waals surface area contributed by atoms with E-state index in [-0.39, 0.29) is 17.4 Å². The summed E-state index contributed by atoms with van der Waals surface area (Å²) in [5, 5.41) is 13.6. The van der Waals surface area contributed by atoms with Gasteiger partial charge in [-0.25, -0.2) is 8.42 Å². The van der Waals surface area contributed by atoms with Crippen LogP contribution in [0.4, 0.5) is 0 Å². The van der Waals surface area contributed by atoms with Gasteiger partial charge in [0.15, 0.2) is 15.7 Å². The average molecular weight is 321 g/mol. The number of hydrogen-bond donors (Lipinski definition) is 0. The van der Waals surface area contributed by atoms with Crippen LogP contribution in [-0.2, 0) is 9.84 Å². The van der Waals surface area contributed by atoms with Crippen LogP contribution >= 0.6 is 11.3 Å². The molecule has 4 rings (SSSR count). The van der Waals surface area contributed by atoms with E-state index >= 15 is 0 Å². The fourth-order valence-electron chi connectivity index (χ4n) is 2.47. The van der Waals surface area contributed by atoms with E-state index in [0.717, 1.165) is 10.6 Å². The topological polar surface area (TPSA) is 90.1 Å². The van der Waals surface area contributed by atoms with Crippen molar-refractivity contribution in [3.05, 3.63) is 29.5 Å². The number of rotatable bonds is 2. The summed E-state index contributed by atoms with van der Waals surface area (Å²) >= 11 is 1.41. The van der Waals surface area contributed by atoms with Crippen LogP contribution in [0, 0.1) is 0 Å². The molecule has 1 saturated heterocycles. The zero-order chi connectivity index (χ0) is 14.4. The molecular weight excluding hydrogens is 310 g/mol. The van der Waals surface area contributed by atoms with E-state index in [1.54, 1.807) is 16.9 Å². The zero-order valence-electron chi connectivity index (χ0n) is 10.9. The maximum atomic E-state index is 11.6. The molecular formula is C12H11N5O2S2. The fourth-order valence-corrected chi connectivity index (χ4v) is 5.29. The number of nitrogens with zero attached hydrogens (tertiary/aromatic N) is 5. The van der Waals surface area contributed by atoms with Crippen molar-refractivity contribution in [2.45, 2.75) is 12.3 Å². The minimum Gasteiger partial charge on any atom is -0.265 e. The maximum absolute atomic E-state index is 11.6. The Bertz CT molecular complexity index is 900. The first-order valence-corrected chi connectivity index (χ1v) is 9.09. The molecule has 4 heterocycles. The summed E-state index contributed by atoms with van der Waals surface area (Å²) in [6.07, 6.45) is 4.01. The van der Waals surface area contributed by atoms with E-state index < -0.39 is 9.84 Å². The van der Waals surface area contributed by atoms with E-state index in [1.165, 1.54) is 11.3 Å². The highest BCUT2D eigenvalue weighted by atomic mass is 32.2. The largest absolute Gasteiger partial charge is 0.265 e. The first-order chi connectivity index (χ1) is 10.1. The molecule has 1 aliphatic heterocycles. The van der Waals surface area contributed by atoms with Crippen molar-refractivity contribution >= 4 is 26.1 Å². The summed E-state index contributed by atoms with van der Waals surface area (Å²) in [4.78, 5) is 4.66. The number of pyridine rings is 1. The molecule has 1 fully saturated rings. The lowest BCUT2D eigenvalue weighted by atomic mass is 10.1. The van der Waals surface area contributed by atoms with Gasteiger partial charge in [-0.3, -0.25) is 4.98 Å². The molecule has 7 nitrogen and oxygen atoms in total. The summed E-state index contributed by atoms with van der Waals surface area (Å²) < 4.78 is 24.9. The minimum absolute atomic E-state index is 0.0213. The predicted molar refractivity (Wildman–Crippen MR) is 77.9 cm³/mol. The first kappa shape index (κ1) is 12.8. The standard InChI is InChI=1S/C12H11N5O2S2/c18-21(19)6-3-9(7-21)11-16-17-10(14-15-12(17)20-11)8-1-4-13-5-2-8/h1-2,4-5,9H,3,6-7H2/t9-/m0/s1. The molecule has 0 radical (unpaired) electrons.